The van der Waals surface area contributed by atoms with Crippen molar-refractivity contribution >= 4 is 17.7 Å². The highest BCUT2D eigenvalue weighted by molar-refractivity contribution is 5.86. The molecule has 0 aliphatic carbocycles. The van der Waals surface area contributed by atoms with Crippen LogP contribution in [0.3, 0.4) is 0 Å². The number of anilines is 1. The molecule has 0 saturated heterocycles. The van der Waals surface area contributed by atoms with Crippen LogP contribution in [-0.2, 0) is 0 Å². The molecule has 0 aliphatic heterocycles. The molecular formula is C13H16N4O3. The Morgan fingerprint density at radius 3 is 2.95 bits per heavy atom. The van der Waals surface area contributed by atoms with Crippen molar-refractivity contribution in [2.75, 3.05) is 31.6 Å². The van der Waals surface area contributed by atoms with Crippen molar-refractivity contribution < 1.29 is 10.2 Å². The highest BCUT2D eigenvalue weighted by Gasteiger charge is 2.10. The van der Waals surface area contributed by atoms with Crippen LogP contribution in [0.15, 0.2) is 34.2 Å². The van der Waals surface area contributed by atoms with E-state index in [0.717, 1.165) is 0 Å². The summed E-state index contributed by atoms with van der Waals surface area (Å²) in [6, 6.07) is 5.25. The van der Waals surface area contributed by atoms with Crippen LogP contribution in [0.2, 0.25) is 0 Å². The van der Waals surface area contributed by atoms with Crippen LogP contribution in [0.4, 0.5) is 5.82 Å². The summed E-state index contributed by atoms with van der Waals surface area (Å²) in [4.78, 5) is 20.7. The van der Waals surface area contributed by atoms with E-state index in [1.165, 1.54) is 10.6 Å². The Morgan fingerprint density at radius 1 is 1.35 bits per heavy atom. The van der Waals surface area contributed by atoms with Gasteiger partial charge in [-0.15, -0.1) is 0 Å². The molecule has 0 atom stereocenters. The Labute approximate surface area is 115 Å². The largest absolute Gasteiger partial charge is 0.395 e. The fourth-order valence-corrected chi connectivity index (χ4v) is 1.74. The first-order chi connectivity index (χ1) is 9.77. The van der Waals surface area contributed by atoms with E-state index in [2.05, 4.69) is 15.3 Å². The van der Waals surface area contributed by atoms with Gasteiger partial charge in [0.15, 0.2) is 0 Å². The molecular weight excluding hydrogens is 260 g/mol. The average Bonchev–Trinajstić information content (AvgIpc) is 2.48. The molecule has 0 bridgehead atoms. The minimum absolute atomic E-state index is 0.0664. The molecule has 20 heavy (non-hydrogen) atoms. The van der Waals surface area contributed by atoms with Crippen molar-refractivity contribution in [3.05, 3.63) is 40.3 Å². The Bertz CT molecular complexity index is 666. The molecule has 2 aromatic rings. The highest BCUT2D eigenvalue weighted by Crippen LogP contribution is 2.08. The van der Waals surface area contributed by atoms with Crippen LogP contribution in [0.1, 0.15) is 5.56 Å². The monoisotopic (exact) mass is 276 g/mol. The number of hydrogen-bond donors (Lipinski definition) is 3. The SMILES string of the molecule is O=c1c(/C=N/CCO)c(NCCO)nc2ccccn12. The third kappa shape index (κ3) is 3.01. The van der Waals surface area contributed by atoms with E-state index in [1.54, 1.807) is 24.4 Å². The molecule has 2 aromatic heterocycles. The second-order valence-corrected chi connectivity index (χ2v) is 4.02. The van der Waals surface area contributed by atoms with Gasteiger partial charge in [-0.25, -0.2) is 4.98 Å². The Kier molecular flexibility index (Phi) is 4.80. The van der Waals surface area contributed by atoms with Crippen LogP contribution in [0, 0.1) is 0 Å². The summed E-state index contributed by atoms with van der Waals surface area (Å²) in [7, 11) is 0. The molecule has 0 spiro atoms. The van der Waals surface area contributed by atoms with E-state index < -0.39 is 0 Å². The zero-order valence-corrected chi connectivity index (χ0v) is 10.9. The van der Waals surface area contributed by atoms with Crippen molar-refractivity contribution in [2.24, 2.45) is 4.99 Å². The van der Waals surface area contributed by atoms with E-state index >= 15 is 0 Å². The summed E-state index contributed by atoms with van der Waals surface area (Å²) >= 11 is 0. The average molecular weight is 276 g/mol. The summed E-state index contributed by atoms with van der Waals surface area (Å²) in [6.07, 6.45) is 3.02. The van der Waals surface area contributed by atoms with Gasteiger partial charge in [-0.3, -0.25) is 14.2 Å². The first-order valence-electron chi connectivity index (χ1n) is 6.24. The second kappa shape index (κ2) is 6.78. The number of fused-ring (bicyclic) bond motifs is 1. The van der Waals surface area contributed by atoms with Crippen LogP contribution in [0.5, 0.6) is 0 Å². The molecule has 0 aliphatic rings. The highest BCUT2D eigenvalue weighted by atomic mass is 16.3. The van der Waals surface area contributed by atoms with E-state index in [1.807, 2.05) is 0 Å². The molecule has 7 heteroatoms. The zero-order chi connectivity index (χ0) is 14.4. The lowest BCUT2D eigenvalue weighted by molar-refractivity contribution is 0.307. The first-order valence-corrected chi connectivity index (χ1v) is 6.24. The molecule has 0 unspecified atom stereocenters. The molecule has 0 radical (unpaired) electrons. The van der Waals surface area contributed by atoms with Gasteiger partial charge in [0, 0.05) is 19.0 Å². The molecule has 2 heterocycles. The number of aliphatic hydroxyl groups excluding tert-OH is 2. The van der Waals surface area contributed by atoms with Crippen molar-refractivity contribution in [1.82, 2.24) is 9.38 Å². The predicted molar refractivity (Wildman–Crippen MR) is 76.6 cm³/mol. The van der Waals surface area contributed by atoms with Crippen molar-refractivity contribution in [2.45, 2.75) is 0 Å². The number of aromatic nitrogens is 2. The minimum atomic E-state index is -0.252. The minimum Gasteiger partial charge on any atom is -0.395 e. The van der Waals surface area contributed by atoms with Crippen LogP contribution in [-0.4, -0.2) is 52.1 Å². The summed E-state index contributed by atoms with van der Waals surface area (Å²) in [5, 5.41) is 20.5. The molecule has 106 valence electrons. The van der Waals surface area contributed by atoms with Crippen LogP contribution >= 0.6 is 0 Å². The van der Waals surface area contributed by atoms with Gasteiger partial charge in [0.2, 0.25) is 0 Å². The third-order valence-electron chi connectivity index (χ3n) is 2.62. The quantitative estimate of drug-likeness (QED) is 0.618. The number of pyridine rings is 1. The van der Waals surface area contributed by atoms with Gasteiger partial charge in [-0.05, 0) is 12.1 Å². The van der Waals surface area contributed by atoms with Gasteiger partial charge in [0.1, 0.15) is 17.0 Å². The normalized spacial score (nSPS) is 11.3. The molecule has 3 N–H and O–H groups in total. The summed E-state index contributed by atoms with van der Waals surface area (Å²) < 4.78 is 1.42. The van der Waals surface area contributed by atoms with Gasteiger partial charge < -0.3 is 15.5 Å². The summed E-state index contributed by atoms with van der Waals surface area (Å²) in [5.74, 6) is 0.372. The standard InChI is InChI=1S/C13H16N4O3/c18-7-4-14-9-10-12(15-5-8-19)16-11-3-1-2-6-17(11)13(10)20/h1-3,6,9,15,18-19H,4-5,7-8H2/b14-9+. The van der Waals surface area contributed by atoms with E-state index in [-0.39, 0.29) is 31.9 Å². The van der Waals surface area contributed by atoms with Gasteiger partial charge in [-0.2, -0.15) is 0 Å². The molecule has 0 amide bonds. The predicted octanol–water partition coefficient (Wildman–Crippen LogP) is -0.490. The molecule has 0 saturated carbocycles. The van der Waals surface area contributed by atoms with Gasteiger partial charge >= 0.3 is 0 Å². The first kappa shape index (κ1) is 14.2. The number of nitrogens with zero attached hydrogens (tertiary/aromatic N) is 3. The van der Waals surface area contributed by atoms with Crippen molar-refractivity contribution in [3.8, 4) is 0 Å². The fourth-order valence-electron chi connectivity index (χ4n) is 1.74. The zero-order valence-electron chi connectivity index (χ0n) is 10.9. The lowest BCUT2D eigenvalue weighted by atomic mass is 10.3. The van der Waals surface area contributed by atoms with Crippen molar-refractivity contribution in [3.63, 3.8) is 0 Å². The Balaban J connectivity index is 2.54. The lowest BCUT2D eigenvalue weighted by Crippen LogP contribution is -2.23. The Morgan fingerprint density at radius 2 is 2.20 bits per heavy atom. The van der Waals surface area contributed by atoms with Crippen molar-refractivity contribution in [1.29, 1.82) is 0 Å². The van der Waals surface area contributed by atoms with Gasteiger partial charge in [-0.1, -0.05) is 6.07 Å². The maximum absolute atomic E-state index is 12.4. The molecule has 7 nitrogen and oxygen atoms in total. The number of rotatable bonds is 6. The molecule has 0 fully saturated rings. The van der Waals surface area contributed by atoms with Crippen LogP contribution in [0.25, 0.3) is 5.65 Å². The van der Waals surface area contributed by atoms with Gasteiger partial charge in [0.25, 0.3) is 5.56 Å². The smallest absolute Gasteiger partial charge is 0.268 e. The van der Waals surface area contributed by atoms with E-state index in [4.69, 9.17) is 10.2 Å². The number of aliphatic imine (C=N–C) groups is 1. The number of nitrogens with one attached hydrogen (secondary N) is 1. The second-order valence-electron chi connectivity index (χ2n) is 4.02. The number of hydrogen-bond acceptors (Lipinski definition) is 6. The maximum Gasteiger partial charge on any atom is 0.268 e. The third-order valence-corrected chi connectivity index (χ3v) is 2.62. The molecule has 0 aromatic carbocycles. The fraction of sp³-hybridized carbons (Fsp3) is 0.308. The molecule has 2 rings (SSSR count). The summed E-state index contributed by atoms with van der Waals surface area (Å²) in [5.41, 5.74) is 0.561. The van der Waals surface area contributed by atoms with E-state index in [9.17, 15) is 4.79 Å². The van der Waals surface area contributed by atoms with E-state index in [0.29, 0.717) is 17.0 Å². The number of aliphatic hydroxyl groups is 2. The van der Waals surface area contributed by atoms with Gasteiger partial charge in [0.05, 0.1) is 19.8 Å². The topological polar surface area (TPSA) is 99.2 Å². The van der Waals surface area contributed by atoms with Crippen LogP contribution < -0.4 is 10.9 Å². The lowest BCUT2D eigenvalue weighted by Gasteiger charge is -2.09. The maximum atomic E-state index is 12.4. The Hall–Kier alpha value is -2.25. The summed E-state index contributed by atoms with van der Waals surface area (Å²) in [6.45, 7) is 0.355.